The molecule has 0 atom stereocenters. The van der Waals surface area contributed by atoms with Gasteiger partial charge in [-0.3, -0.25) is 14.5 Å². The number of benzene rings is 1. The monoisotopic (exact) mass is 358 g/mol. The van der Waals surface area contributed by atoms with Gasteiger partial charge in [-0.05, 0) is 32.9 Å². The zero-order valence-corrected chi connectivity index (χ0v) is 15.4. The number of carbonyl (C=O) groups excluding carboxylic acids is 2. The molecular weight excluding hydrogens is 336 g/mol. The van der Waals surface area contributed by atoms with E-state index in [1.165, 1.54) is 0 Å². The maximum absolute atomic E-state index is 12.4. The molecule has 0 bridgehead atoms. The lowest BCUT2D eigenvalue weighted by Gasteiger charge is -2.40. The summed E-state index contributed by atoms with van der Waals surface area (Å²) in [4.78, 5) is 30.8. The first-order valence-electron chi connectivity index (χ1n) is 8.22. The molecule has 1 aromatic carbocycles. The number of hydrogen-bond donors (Lipinski definition) is 2. The van der Waals surface area contributed by atoms with Crippen LogP contribution in [0, 0.1) is 6.92 Å². The highest BCUT2D eigenvalue weighted by atomic mass is 32.1. The fourth-order valence-electron chi connectivity index (χ4n) is 2.85. The van der Waals surface area contributed by atoms with E-state index in [0.717, 1.165) is 22.0 Å². The highest BCUT2D eigenvalue weighted by Gasteiger charge is 2.38. The molecule has 25 heavy (non-hydrogen) atoms. The van der Waals surface area contributed by atoms with Gasteiger partial charge >= 0.3 is 0 Å². The number of hydrogen-bond acceptors (Lipinski definition) is 5. The number of carbonyl (C=O) groups is 2. The van der Waals surface area contributed by atoms with Crippen LogP contribution in [0.2, 0.25) is 0 Å². The molecule has 1 aromatic heterocycles. The summed E-state index contributed by atoms with van der Waals surface area (Å²) in [6.45, 7) is 7.04. The molecule has 3 rings (SSSR count). The van der Waals surface area contributed by atoms with Crippen LogP contribution in [0.25, 0.3) is 11.3 Å². The van der Waals surface area contributed by atoms with Gasteiger partial charge in [-0.15, -0.1) is 11.3 Å². The molecule has 132 valence electrons. The molecule has 2 aromatic rings. The standard InChI is InChI=1S/C18H22N4O2S/c1-12-20-15(11-25-12)13-5-4-6-14(9-13)21-16(23)10-22-8-7-19-17(24)18(22,2)3/h4-6,9,11H,7-8,10H2,1-3H3,(H,19,24)(H,21,23). The Balaban J connectivity index is 1.68. The van der Waals surface area contributed by atoms with Crippen LogP contribution in [0.3, 0.4) is 0 Å². The minimum absolute atomic E-state index is 0.0487. The number of piperazine rings is 1. The van der Waals surface area contributed by atoms with Gasteiger partial charge < -0.3 is 10.6 Å². The predicted molar refractivity (Wildman–Crippen MR) is 99.6 cm³/mol. The molecule has 2 amide bonds. The fraction of sp³-hybridized carbons (Fsp3) is 0.389. The molecular formula is C18H22N4O2S. The first-order valence-corrected chi connectivity index (χ1v) is 9.10. The van der Waals surface area contributed by atoms with Crippen molar-refractivity contribution >= 4 is 28.8 Å². The van der Waals surface area contributed by atoms with Crippen molar-refractivity contribution in [1.29, 1.82) is 0 Å². The van der Waals surface area contributed by atoms with E-state index >= 15 is 0 Å². The quantitative estimate of drug-likeness (QED) is 0.879. The van der Waals surface area contributed by atoms with Gasteiger partial charge in [0.15, 0.2) is 0 Å². The lowest BCUT2D eigenvalue weighted by molar-refractivity contribution is -0.136. The normalized spacial score (nSPS) is 17.2. The van der Waals surface area contributed by atoms with Crippen molar-refractivity contribution in [3.05, 3.63) is 34.7 Å². The Morgan fingerprint density at radius 1 is 1.44 bits per heavy atom. The molecule has 6 nitrogen and oxygen atoms in total. The maximum Gasteiger partial charge on any atom is 0.240 e. The Kier molecular flexibility index (Phi) is 4.87. The van der Waals surface area contributed by atoms with Crippen molar-refractivity contribution in [1.82, 2.24) is 15.2 Å². The predicted octanol–water partition coefficient (Wildman–Crippen LogP) is 2.27. The topological polar surface area (TPSA) is 74.3 Å². The largest absolute Gasteiger partial charge is 0.353 e. The maximum atomic E-state index is 12.4. The number of thiazole rings is 1. The molecule has 0 saturated carbocycles. The summed E-state index contributed by atoms with van der Waals surface area (Å²) in [7, 11) is 0. The van der Waals surface area contributed by atoms with Crippen LogP contribution in [0.15, 0.2) is 29.6 Å². The van der Waals surface area contributed by atoms with Crippen LogP contribution in [0.1, 0.15) is 18.9 Å². The summed E-state index contributed by atoms with van der Waals surface area (Å²) in [6, 6.07) is 7.65. The van der Waals surface area contributed by atoms with Gasteiger partial charge in [0, 0.05) is 29.7 Å². The first-order chi connectivity index (χ1) is 11.9. The number of aryl methyl sites for hydroxylation is 1. The Bertz CT molecular complexity index is 800. The minimum Gasteiger partial charge on any atom is -0.353 e. The minimum atomic E-state index is -0.685. The number of aromatic nitrogens is 1. The average Bonchev–Trinajstić information content (AvgIpc) is 2.99. The highest BCUT2D eigenvalue weighted by molar-refractivity contribution is 7.09. The lowest BCUT2D eigenvalue weighted by Crippen LogP contribution is -2.62. The van der Waals surface area contributed by atoms with Gasteiger partial charge in [-0.2, -0.15) is 0 Å². The van der Waals surface area contributed by atoms with Gasteiger partial charge in [-0.1, -0.05) is 12.1 Å². The SMILES string of the molecule is Cc1nc(-c2cccc(NC(=O)CN3CCNC(=O)C3(C)C)c2)cs1. The van der Waals surface area contributed by atoms with Gasteiger partial charge in [0.05, 0.1) is 22.8 Å². The molecule has 0 unspecified atom stereocenters. The van der Waals surface area contributed by atoms with Crippen LogP contribution in [-0.2, 0) is 9.59 Å². The summed E-state index contributed by atoms with van der Waals surface area (Å²) < 4.78 is 0. The van der Waals surface area contributed by atoms with E-state index in [1.807, 2.05) is 55.3 Å². The van der Waals surface area contributed by atoms with Crippen molar-refractivity contribution < 1.29 is 9.59 Å². The molecule has 2 heterocycles. The van der Waals surface area contributed by atoms with Crippen LogP contribution in [0.5, 0.6) is 0 Å². The molecule has 1 aliphatic heterocycles. The number of rotatable bonds is 4. The van der Waals surface area contributed by atoms with Crippen LogP contribution >= 0.6 is 11.3 Å². The summed E-state index contributed by atoms with van der Waals surface area (Å²) in [5.41, 5.74) is 1.93. The Morgan fingerprint density at radius 3 is 2.96 bits per heavy atom. The van der Waals surface area contributed by atoms with E-state index in [1.54, 1.807) is 11.3 Å². The van der Waals surface area contributed by atoms with Gasteiger partial charge in [0.1, 0.15) is 0 Å². The number of amides is 2. The zero-order valence-electron chi connectivity index (χ0n) is 14.6. The van der Waals surface area contributed by atoms with Crippen molar-refractivity contribution in [2.75, 3.05) is 25.0 Å². The third-order valence-corrected chi connectivity index (χ3v) is 5.18. The van der Waals surface area contributed by atoms with Crippen LogP contribution in [0.4, 0.5) is 5.69 Å². The molecule has 0 spiro atoms. The first kappa shape index (κ1) is 17.6. The molecule has 1 aliphatic rings. The summed E-state index contributed by atoms with van der Waals surface area (Å²) >= 11 is 1.60. The van der Waals surface area contributed by atoms with E-state index in [-0.39, 0.29) is 18.4 Å². The number of anilines is 1. The lowest BCUT2D eigenvalue weighted by atomic mass is 9.99. The molecule has 0 aliphatic carbocycles. The van der Waals surface area contributed by atoms with Gasteiger partial charge in [0.25, 0.3) is 0 Å². The molecule has 1 saturated heterocycles. The fourth-order valence-corrected chi connectivity index (χ4v) is 3.47. The van der Waals surface area contributed by atoms with Gasteiger partial charge in [-0.25, -0.2) is 4.98 Å². The van der Waals surface area contributed by atoms with Crippen LogP contribution < -0.4 is 10.6 Å². The second-order valence-corrected chi connectivity index (χ2v) is 7.68. The van der Waals surface area contributed by atoms with E-state index in [2.05, 4.69) is 15.6 Å². The van der Waals surface area contributed by atoms with Gasteiger partial charge in [0.2, 0.25) is 11.8 Å². The molecule has 2 N–H and O–H groups in total. The third kappa shape index (κ3) is 3.88. The molecule has 0 radical (unpaired) electrons. The third-order valence-electron chi connectivity index (χ3n) is 4.41. The van der Waals surface area contributed by atoms with E-state index in [9.17, 15) is 9.59 Å². The van der Waals surface area contributed by atoms with E-state index < -0.39 is 5.54 Å². The van der Waals surface area contributed by atoms with Crippen molar-refractivity contribution in [3.8, 4) is 11.3 Å². The smallest absolute Gasteiger partial charge is 0.240 e. The van der Waals surface area contributed by atoms with Crippen molar-refractivity contribution in [3.63, 3.8) is 0 Å². The summed E-state index contributed by atoms with van der Waals surface area (Å²) in [5, 5.41) is 8.77. The van der Waals surface area contributed by atoms with Crippen LogP contribution in [-0.4, -0.2) is 46.9 Å². The zero-order chi connectivity index (χ0) is 18.0. The average molecular weight is 358 g/mol. The van der Waals surface area contributed by atoms with E-state index in [0.29, 0.717) is 13.1 Å². The summed E-state index contributed by atoms with van der Waals surface area (Å²) in [6.07, 6.45) is 0. The van der Waals surface area contributed by atoms with E-state index in [4.69, 9.17) is 0 Å². The Labute approximate surface area is 151 Å². The summed E-state index contributed by atoms with van der Waals surface area (Å²) in [5.74, 6) is -0.179. The highest BCUT2D eigenvalue weighted by Crippen LogP contribution is 2.24. The Hall–Kier alpha value is -2.25. The molecule has 7 heteroatoms. The second kappa shape index (κ2) is 6.93. The van der Waals surface area contributed by atoms with Crippen molar-refractivity contribution in [2.45, 2.75) is 26.3 Å². The molecule has 1 fully saturated rings. The number of nitrogens with one attached hydrogen (secondary N) is 2. The number of nitrogens with zero attached hydrogens (tertiary/aromatic N) is 2. The van der Waals surface area contributed by atoms with Crippen molar-refractivity contribution in [2.24, 2.45) is 0 Å². The second-order valence-electron chi connectivity index (χ2n) is 6.62. The Morgan fingerprint density at radius 2 is 2.24 bits per heavy atom.